The number of aliphatic carboxylic acids is 1. The minimum atomic E-state index is -4.63. The zero-order chi connectivity index (χ0) is 15.1. The molecule has 0 fully saturated rings. The highest BCUT2D eigenvalue weighted by atomic mass is 19.4. The highest BCUT2D eigenvalue weighted by Crippen LogP contribution is 2.33. The van der Waals surface area contributed by atoms with Crippen molar-refractivity contribution in [2.45, 2.75) is 25.1 Å². The Hall–Kier alpha value is -2.12. The SMILES string of the molecule is CC1(C(=O)O)CC(c2cc(C(F)(F)F)ccc2F)=NO1. The van der Waals surface area contributed by atoms with Crippen molar-refractivity contribution in [2.75, 3.05) is 0 Å². The second-order valence-electron chi connectivity index (χ2n) is 4.53. The van der Waals surface area contributed by atoms with Gasteiger partial charge in [-0.05, 0) is 25.1 Å². The van der Waals surface area contributed by atoms with Crippen LogP contribution in [-0.4, -0.2) is 22.4 Å². The summed E-state index contributed by atoms with van der Waals surface area (Å²) in [5, 5.41) is 12.3. The van der Waals surface area contributed by atoms with Gasteiger partial charge in [-0.1, -0.05) is 5.16 Å². The lowest BCUT2D eigenvalue weighted by Gasteiger charge is -2.14. The molecule has 1 heterocycles. The second kappa shape index (κ2) is 4.46. The summed E-state index contributed by atoms with van der Waals surface area (Å²) < 4.78 is 51.3. The maximum Gasteiger partial charge on any atom is 0.416 e. The molecule has 0 spiro atoms. The number of carbonyl (C=O) groups is 1. The van der Waals surface area contributed by atoms with Crippen molar-refractivity contribution >= 4 is 11.7 Å². The molecule has 4 nitrogen and oxygen atoms in total. The van der Waals surface area contributed by atoms with Crippen LogP contribution in [0.2, 0.25) is 0 Å². The van der Waals surface area contributed by atoms with E-state index in [2.05, 4.69) is 9.99 Å². The summed E-state index contributed by atoms with van der Waals surface area (Å²) in [5.74, 6) is -2.25. The van der Waals surface area contributed by atoms with Crippen LogP contribution in [0.4, 0.5) is 17.6 Å². The quantitative estimate of drug-likeness (QED) is 0.852. The fraction of sp³-hybridized carbons (Fsp3) is 0.333. The molecule has 20 heavy (non-hydrogen) atoms. The summed E-state index contributed by atoms with van der Waals surface area (Å²) in [6, 6.07) is 1.85. The van der Waals surface area contributed by atoms with Crippen LogP contribution in [-0.2, 0) is 15.8 Å². The van der Waals surface area contributed by atoms with Crippen molar-refractivity contribution in [1.29, 1.82) is 0 Å². The number of halogens is 4. The molecular formula is C12H9F4NO3. The number of carboxylic acid groups (broad SMARTS) is 1. The van der Waals surface area contributed by atoms with E-state index in [1.807, 2.05) is 0 Å². The van der Waals surface area contributed by atoms with Crippen LogP contribution in [0, 0.1) is 5.82 Å². The van der Waals surface area contributed by atoms with Gasteiger partial charge in [-0.3, -0.25) is 0 Å². The maximum absolute atomic E-state index is 13.6. The summed E-state index contributed by atoms with van der Waals surface area (Å²) in [6.45, 7) is 1.21. The van der Waals surface area contributed by atoms with E-state index in [9.17, 15) is 22.4 Å². The standard InChI is InChI=1S/C12H9F4NO3/c1-11(10(18)19)5-9(17-20-11)7-4-6(12(14,15)16)2-3-8(7)13/h2-4H,5H2,1H3,(H,18,19). The maximum atomic E-state index is 13.6. The fourth-order valence-corrected chi connectivity index (χ4v) is 1.72. The number of rotatable bonds is 2. The van der Waals surface area contributed by atoms with Gasteiger partial charge in [-0.25, -0.2) is 9.18 Å². The smallest absolute Gasteiger partial charge is 0.416 e. The summed E-state index contributed by atoms with van der Waals surface area (Å²) in [5.41, 5.74) is -3.32. The van der Waals surface area contributed by atoms with Gasteiger partial charge < -0.3 is 9.94 Å². The zero-order valence-electron chi connectivity index (χ0n) is 10.2. The van der Waals surface area contributed by atoms with Crippen LogP contribution < -0.4 is 0 Å². The molecule has 1 unspecified atom stereocenters. The van der Waals surface area contributed by atoms with E-state index in [-0.39, 0.29) is 12.1 Å². The minimum absolute atomic E-state index is 0.168. The number of carboxylic acids is 1. The van der Waals surface area contributed by atoms with Crippen molar-refractivity contribution in [1.82, 2.24) is 0 Å². The molecule has 1 aromatic rings. The van der Waals surface area contributed by atoms with E-state index < -0.39 is 34.7 Å². The predicted molar refractivity (Wildman–Crippen MR) is 59.7 cm³/mol. The van der Waals surface area contributed by atoms with Crippen LogP contribution in [0.15, 0.2) is 23.4 Å². The highest BCUT2D eigenvalue weighted by molar-refractivity contribution is 6.04. The van der Waals surface area contributed by atoms with Crippen LogP contribution in [0.25, 0.3) is 0 Å². The van der Waals surface area contributed by atoms with Crippen LogP contribution in [0.1, 0.15) is 24.5 Å². The summed E-state index contributed by atoms with van der Waals surface area (Å²) in [4.78, 5) is 15.6. The third-order valence-corrected chi connectivity index (χ3v) is 2.92. The Bertz CT molecular complexity index is 597. The van der Waals surface area contributed by atoms with E-state index in [0.717, 1.165) is 0 Å². The summed E-state index contributed by atoms with van der Waals surface area (Å²) in [6.07, 6.45) is -4.95. The van der Waals surface area contributed by atoms with E-state index in [4.69, 9.17) is 5.11 Å². The Balaban J connectivity index is 2.38. The van der Waals surface area contributed by atoms with Crippen molar-refractivity contribution in [3.63, 3.8) is 0 Å². The molecule has 0 bridgehead atoms. The molecular weight excluding hydrogens is 282 g/mol. The van der Waals surface area contributed by atoms with E-state index in [1.54, 1.807) is 0 Å². The van der Waals surface area contributed by atoms with E-state index >= 15 is 0 Å². The molecule has 0 saturated heterocycles. The Morgan fingerprint density at radius 2 is 2.10 bits per heavy atom. The van der Waals surface area contributed by atoms with Gasteiger partial charge in [-0.15, -0.1) is 0 Å². The molecule has 0 radical (unpaired) electrons. The molecule has 108 valence electrons. The molecule has 1 aliphatic rings. The van der Waals surface area contributed by atoms with Gasteiger partial charge in [0.15, 0.2) is 0 Å². The summed E-state index contributed by atoms with van der Waals surface area (Å²) >= 11 is 0. The zero-order valence-corrected chi connectivity index (χ0v) is 10.2. The van der Waals surface area contributed by atoms with Crippen LogP contribution >= 0.6 is 0 Å². The molecule has 0 saturated carbocycles. The predicted octanol–water partition coefficient (Wildman–Crippen LogP) is 2.81. The first-order valence-electron chi connectivity index (χ1n) is 5.49. The Labute approximate surface area is 110 Å². The third-order valence-electron chi connectivity index (χ3n) is 2.92. The number of nitrogens with zero attached hydrogens (tertiary/aromatic N) is 1. The van der Waals surface area contributed by atoms with Crippen molar-refractivity contribution in [2.24, 2.45) is 5.16 Å². The molecule has 2 rings (SSSR count). The topological polar surface area (TPSA) is 58.9 Å². The molecule has 1 aliphatic heterocycles. The molecule has 1 aromatic carbocycles. The molecule has 0 amide bonds. The number of alkyl halides is 3. The van der Waals surface area contributed by atoms with Gasteiger partial charge in [-0.2, -0.15) is 13.2 Å². The lowest BCUT2D eigenvalue weighted by atomic mass is 9.95. The summed E-state index contributed by atoms with van der Waals surface area (Å²) in [7, 11) is 0. The second-order valence-corrected chi connectivity index (χ2v) is 4.53. The Kier molecular flexibility index (Phi) is 3.19. The molecule has 1 atom stereocenters. The molecule has 0 aliphatic carbocycles. The first-order valence-corrected chi connectivity index (χ1v) is 5.49. The first-order chi connectivity index (χ1) is 9.13. The normalized spacial score (nSPS) is 22.4. The minimum Gasteiger partial charge on any atom is -0.478 e. The highest BCUT2D eigenvalue weighted by Gasteiger charge is 2.43. The number of hydrogen-bond donors (Lipinski definition) is 1. The van der Waals surface area contributed by atoms with Gasteiger partial charge in [0.2, 0.25) is 5.60 Å². The lowest BCUT2D eigenvalue weighted by Crippen LogP contribution is -2.35. The average Bonchev–Trinajstić information content (AvgIpc) is 2.72. The van der Waals surface area contributed by atoms with Gasteiger partial charge in [0.25, 0.3) is 0 Å². The lowest BCUT2D eigenvalue weighted by molar-refractivity contribution is -0.160. The van der Waals surface area contributed by atoms with Gasteiger partial charge in [0.1, 0.15) is 5.82 Å². The van der Waals surface area contributed by atoms with Crippen LogP contribution in [0.5, 0.6) is 0 Å². The molecule has 1 N–H and O–H groups in total. The largest absolute Gasteiger partial charge is 0.478 e. The van der Waals surface area contributed by atoms with Gasteiger partial charge >= 0.3 is 12.1 Å². The molecule has 0 aromatic heterocycles. The average molecular weight is 291 g/mol. The first kappa shape index (κ1) is 14.3. The monoisotopic (exact) mass is 291 g/mol. The van der Waals surface area contributed by atoms with E-state index in [1.165, 1.54) is 6.92 Å². The Morgan fingerprint density at radius 3 is 2.60 bits per heavy atom. The number of oxime groups is 1. The number of hydrogen-bond acceptors (Lipinski definition) is 3. The Morgan fingerprint density at radius 1 is 1.45 bits per heavy atom. The van der Waals surface area contributed by atoms with E-state index in [0.29, 0.717) is 18.2 Å². The van der Waals surface area contributed by atoms with Gasteiger partial charge in [0, 0.05) is 12.0 Å². The fourth-order valence-electron chi connectivity index (χ4n) is 1.72. The number of benzene rings is 1. The van der Waals surface area contributed by atoms with Crippen LogP contribution in [0.3, 0.4) is 0 Å². The van der Waals surface area contributed by atoms with Crippen molar-refractivity contribution in [3.05, 3.63) is 35.1 Å². The van der Waals surface area contributed by atoms with Crippen molar-refractivity contribution in [3.8, 4) is 0 Å². The third kappa shape index (κ3) is 2.45. The van der Waals surface area contributed by atoms with Crippen molar-refractivity contribution < 1.29 is 32.3 Å². The van der Waals surface area contributed by atoms with Gasteiger partial charge in [0.05, 0.1) is 11.3 Å². The molecule has 8 heteroatoms.